The Labute approximate surface area is 198 Å². The van der Waals surface area contributed by atoms with Gasteiger partial charge in [0.1, 0.15) is 17.6 Å². The molecule has 0 saturated carbocycles. The first-order chi connectivity index (χ1) is 16.6. The van der Waals surface area contributed by atoms with Gasteiger partial charge < -0.3 is 15.0 Å². The molecule has 2 unspecified atom stereocenters. The molecule has 2 fully saturated rings. The van der Waals surface area contributed by atoms with Gasteiger partial charge >= 0.3 is 0 Å². The summed E-state index contributed by atoms with van der Waals surface area (Å²) in [7, 11) is 0. The van der Waals surface area contributed by atoms with Gasteiger partial charge in [-0.15, -0.1) is 0 Å². The number of nitrogens with one attached hydrogen (secondary N) is 1. The van der Waals surface area contributed by atoms with Crippen LogP contribution >= 0.6 is 0 Å². The molecule has 34 heavy (non-hydrogen) atoms. The Kier molecular flexibility index (Phi) is 6.35. The van der Waals surface area contributed by atoms with Gasteiger partial charge in [0.25, 0.3) is 0 Å². The number of pyridine rings is 2. The highest BCUT2D eigenvalue weighted by Crippen LogP contribution is 2.37. The van der Waals surface area contributed by atoms with E-state index in [1.165, 1.54) is 6.07 Å². The van der Waals surface area contributed by atoms with Gasteiger partial charge in [-0.05, 0) is 54.3 Å². The van der Waals surface area contributed by atoms with E-state index in [9.17, 15) is 4.39 Å². The van der Waals surface area contributed by atoms with Crippen LogP contribution in [0.15, 0.2) is 48.9 Å². The first-order valence-corrected chi connectivity index (χ1v) is 11.5. The number of rotatable bonds is 4. The third-order valence-corrected chi connectivity index (χ3v) is 6.37. The van der Waals surface area contributed by atoms with E-state index in [4.69, 9.17) is 10.00 Å². The maximum Gasteiger partial charge on any atom is 0.141 e. The molecule has 0 spiro atoms. The van der Waals surface area contributed by atoms with Crippen LogP contribution in [0.5, 0.6) is 0 Å². The van der Waals surface area contributed by atoms with Gasteiger partial charge in [0, 0.05) is 55.4 Å². The van der Waals surface area contributed by atoms with Crippen LogP contribution < -0.4 is 10.2 Å². The number of aromatic nitrogens is 2. The van der Waals surface area contributed by atoms with Gasteiger partial charge in [0.15, 0.2) is 0 Å². The molecule has 0 radical (unpaired) electrons. The second kappa shape index (κ2) is 9.72. The first kappa shape index (κ1) is 22.2. The average Bonchev–Trinajstić information content (AvgIpc) is 2.86. The van der Waals surface area contributed by atoms with Crippen molar-refractivity contribution >= 4 is 17.8 Å². The number of ether oxygens (including phenoxy) is 1. The zero-order valence-electron chi connectivity index (χ0n) is 19.0. The van der Waals surface area contributed by atoms with Crippen LogP contribution in [0.2, 0.25) is 0 Å². The number of nitriles is 1. The van der Waals surface area contributed by atoms with E-state index in [0.717, 1.165) is 59.6 Å². The molecule has 2 aliphatic heterocycles. The number of morpholine rings is 1. The number of anilines is 1. The van der Waals surface area contributed by atoms with Gasteiger partial charge in [0.05, 0.1) is 18.4 Å². The van der Waals surface area contributed by atoms with Crippen LogP contribution in [0, 0.1) is 24.1 Å². The lowest BCUT2D eigenvalue weighted by molar-refractivity contribution is -0.00901. The molecule has 2 aliphatic rings. The monoisotopic (exact) mass is 455 g/mol. The van der Waals surface area contributed by atoms with Crippen molar-refractivity contribution in [2.45, 2.75) is 25.5 Å². The Morgan fingerprint density at radius 2 is 2.15 bits per heavy atom. The maximum absolute atomic E-state index is 14.3. The third kappa shape index (κ3) is 4.69. The van der Waals surface area contributed by atoms with Crippen molar-refractivity contribution in [1.82, 2.24) is 15.3 Å². The molecule has 2 aromatic heterocycles. The van der Waals surface area contributed by atoms with E-state index >= 15 is 0 Å². The van der Waals surface area contributed by atoms with E-state index in [1.807, 2.05) is 43.6 Å². The second-order valence-corrected chi connectivity index (χ2v) is 8.77. The molecule has 4 heterocycles. The predicted molar refractivity (Wildman–Crippen MR) is 131 cm³/mol. The van der Waals surface area contributed by atoms with Crippen molar-refractivity contribution in [3.05, 3.63) is 77.1 Å². The SMILES string of the molecule is Cc1cc(F)cc(-c2cncc(C=Cc3ccnc(C#N)c3)c2N2CCC3NCCOC3C2)c1. The Morgan fingerprint density at radius 3 is 3.00 bits per heavy atom. The minimum Gasteiger partial charge on any atom is -0.373 e. The molecule has 2 saturated heterocycles. The molecular weight excluding hydrogens is 429 g/mol. The average molecular weight is 456 g/mol. The lowest BCUT2D eigenvalue weighted by Crippen LogP contribution is -2.58. The second-order valence-electron chi connectivity index (χ2n) is 8.77. The number of nitrogens with zero attached hydrogens (tertiary/aromatic N) is 4. The molecule has 2 atom stereocenters. The maximum atomic E-state index is 14.3. The summed E-state index contributed by atoms with van der Waals surface area (Å²) in [6, 6.07) is 11.1. The van der Waals surface area contributed by atoms with Gasteiger partial charge in [-0.3, -0.25) is 4.98 Å². The fourth-order valence-corrected chi connectivity index (χ4v) is 4.82. The van der Waals surface area contributed by atoms with Crippen LogP contribution in [-0.4, -0.2) is 48.4 Å². The summed E-state index contributed by atoms with van der Waals surface area (Å²) in [6.45, 7) is 5.09. The standard InChI is InChI=1S/C27H26FN5O/c1-18-10-21(13-22(28)11-18)24-16-30-15-20(3-2-19-4-6-31-23(12-19)14-29)27(24)33-8-5-25-26(17-33)34-9-7-32-25/h2-4,6,10-13,15-16,25-26,32H,5,7-9,17H2,1H3. The van der Waals surface area contributed by atoms with Crippen LogP contribution in [0.25, 0.3) is 23.3 Å². The number of halogens is 1. The van der Waals surface area contributed by atoms with Crippen molar-refractivity contribution < 1.29 is 9.13 Å². The predicted octanol–water partition coefficient (Wildman–Crippen LogP) is 4.20. The Balaban J connectivity index is 1.58. The smallest absolute Gasteiger partial charge is 0.141 e. The van der Waals surface area contributed by atoms with Crippen LogP contribution in [0.1, 0.15) is 28.8 Å². The molecule has 6 nitrogen and oxygen atoms in total. The fraction of sp³-hybridized carbons (Fsp3) is 0.296. The lowest BCUT2D eigenvalue weighted by Gasteiger charge is -2.43. The van der Waals surface area contributed by atoms with Gasteiger partial charge in [-0.25, -0.2) is 9.37 Å². The van der Waals surface area contributed by atoms with Crippen molar-refractivity contribution in [3.8, 4) is 17.2 Å². The number of piperidine rings is 1. The van der Waals surface area contributed by atoms with E-state index in [2.05, 4.69) is 26.3 Å². The summed E-state index contributed by atoms with van der Waals surface area (Å²) in [5.74, 6) is -0.263. The highest BCUT2D eigenvalue weighted by Gasteiger charge is 2.33. The zero-order chi connectivity index (χ0) is 23.5. The minimum absolute atomic E-state index is 0.105. The van der Waals surface area contributed by atoms with E-state index in [-0.39, 0.29) is 11.9 Å². The van der Waals surface area contributed by atoms with Crippen molar-refractivity contribution in [2.75, 3.05) is 31.1 Å². The Hall–Kier alpha value is -3.60. The fourth-order valence-electron chi connectivity index (χ4n) is 4.82. The van der Waals surface area contributed by atoms with E-state index in [0.29, 0.717) is 18.3 Å². The summed E-state index contributed by atoms with van der Waals surface area (Å²) < 4.78 is 20.4. The van der Waals surface area contributed by atoms with E-state index in [1.54, 1.807) is 18.3 Å². The first-order valence-electron chi connectivity index (χ1n) is 11.5. The topological polar surface area (TPSA) is 74.1 Å². The van der Waals surface area contributed by atoms with Gasteiger partial charge in [-0.2, -0.15) is 5.26 Å². The van der Waals surface area contributed by atoms with Crippen molar-refractivity contribution in [2.24, 2.45) is 0 Å². The molecule has 0 aliphatic carbocycles. The molecule has 3 aromatic rings. The summed E-state index contributed by atoms with van der Waals surface area (Å²) in [5, 5.41) is 12.7. The van der Waals surface area contributed by atoms with Gasteiger partial charge in [-0.1, -0.05) is 18.2 Å². The summed E-state index contributed by atoms with van der Waals surface area (Å²) in [4.78, 5) is 10.9. The molecular formula is C27H26FN5O. The highest BCUT2D eigenvalue weighted by molar-refractivity contribution is 5.87. The third-order valence-electron chi connectivity index (χ3n) is 6.37. The molecule has 0 amide bonds. The number of aryl methyl sites for hydroxylation is 1. The van der Waals surface area contributed by atoms with Crippen molar-refractivity contribution in [3.63, 3.8) is 0 Å². The number of hydrogen-bond acceptors (Lipinski definition) is 6. The molecule has 7 heteroatoms. The normalized spacial score (nSPS) is 20.2. The zero-order valence-corrected chi connectivity index (χ0v) is 19.0. The van der Waals surface area contributed by atoms with Crippen molar-refractivity contribution in [1.29, 1.82) is 5.26 Å². The molecule has 0 bridgehead atoms. The quantitative estimate of drug-likeness (QED) is 0.636. The lowest BCUT2D eigenvalue weighted by atomic mass is 9.95. The number of benzene rings is 1. The Morgan fingerprint density at radius 1 is 1.24 bits per heavy atom. The summed E-state index contributed by atoms with van der Waals surface area (Å²) in [6.07, 6.45) is 10.3. The number of fused-ring (bicyclic) bond motifs is 1. The minimum atomic E-state index is -0.263. The van der Waals surface area contributed by atoms with Crippen LogP contribution in [-0.2, 0) is 4.74 Å². The molecule has 1 N–H and O–H groups in total. The Bertz CT molecular complexity index is 1250. The number of hydrogen-bond donors (Lipinski definition) is 1. The van der Waals surface area contributed by atoms with Gasteiger partial charge in [0.2, 0.25) is 0 Å². The molecule has 5 rings (SSSR count). The highest BCUT2D eigenvalue weighted by atomic mass is 19.1. The largest absolute Gasteiger partial charge is 0.373 e. The summed E-state index contributed by atoms with van der Waals surface area (Å²) >= 11 is 0. The molecule has 172 valence electrons. The molecule has 1 aromatic carbocycles. The van der Waals surface area contributed by atoms with Crippen LogP contribution in [0.3, 0.4) is 0 Å². The van der Waals surface area contributed by atoms with Crippen LogP contribution in [0.4, 0.5) is 10.1 Å². The summed E-state index contributed by atoms with van der Waals surface area (Å²) in [5.41, 5.74) is 5.74. The van der Waals surface area contributed by atoms with E-state index < -0.39 is 0 Å².